The molecule has 6 fully saturated rings. The van der Waals surface area contributed by atoms with Crippen LogP contribution in [-0.4, -0.2) is 249 Å². The number of hydrogen-bond acceptors (Lipinski definition) is 21. The number of carboxylic acid groups (broad SMARTS) is 1. The predicted molar refractivity (Wildman–Crippen MR) is 449 cm³/mol. The molecule has 0 radical (unpaired) electrons. The van der Waals surface area contributed by atoms with Crippen LogP contribution in [0.15, 0.2) is 54.6 Å². The van der Waals surface area contributed by atoms with Gasteiger partial charge < -0.3 is 109 Å². The number of aromatic hydroxyl groups is 1. The Morgan fingerprint density at radius 2 is 1.17 bits per heavy atom. The molecule has 2 saturated heterocycles. The summed E-state index contributed by atoms with van der Waals surface area (Å²) in [6, 6.07) is 9.12. The van der Waals surface area contributed by atoms with Crippen LogP contribution < -0.4 is 69.5 Å². The van der Waals surface area contributed by atoms with Crippen molar-refractivity contribution in [2.75, 3.05) is 97.9 Å². The number of rotatable bonds is 54. The molecular formula is C86H135N13O20S. The van der Waals surface area contributed by atoms with Gasteiger partial charge in [-0.25, -0.2) is 9.59 Å². The van der Waals surface area contributed by atoms with Crippen molar-refractivity contribution in [3.05, 3.63) is 65.7 Å². The minimum atomic E-state index is -1.35. The van der Waals surface area contributed by atoms with E-state index in [-0.39, 0.29) is 187 Å². The van der Waals surface area contributed by atoms with Crippen molar-refractivity contribution in [3.63, 3.8) is 0 Å². The number of aliphatic carboxylic acids is 1. The molecule has 0 aromatic heterocycles. The standard InChI is InChI=1S/C86H135N13O20S/c1-53(2)43-67(97-82(112)68(45-55-15-7-6-8-16-55)95-75(106)49-92-74(105)48-93-79(109)64(87)44-56-22-25-58(100)26-23-56)80(110)91-34-14-11-17-65(81(111)96-66(83(113)114)18-12-13-33-88-72(103)20-10-9-19-70-78-69(52-120-70)98-84(115)99-78)94-77(108)51-119-42-40-117-38-36-90-76(107)50-118-41-39-116-37-35-89-73(104)30-21-54(3)61-28-29-62-60-27-24-57-46-59(101)31-32-85(57,4)63(60)47-71(102)86(61,62)5/h6-8,15-16,22-23,25-26,53-54,57,59-71,78,100-102H,9-14,17-21,24,27-52,87H2,1-5H3,(H,88,103)(H,89,104)(H,90,107)(H,91,110)(H,92,105)(H,93,109)(H,94,108)(H,95,106)(H,96,111)(H,97,112)(H,113,114)(H2,98,99,115)/t54-,57+,59+,60-,61+,62-,63-,64-,65-,66?,67?,68-,69-,70-,71-,78-,85-,86+/m0/s1. The summed E-state index contributed by atoms with van der Waals surface area (Å²) in [7, 11) is 0. The van der Waals surface area contributed by atoms with Gasteiger partial charge in [0.1, 0.15) is 43.1 Å². The zero-order chi connectivity index (χ0) is 86.7. The van der Waals surface area contributed by atoms with E-state index in [0.717, 1.165) is 63.5 Å². The fraction of sp³-hybridized carbons (Fsp3) is 0.721. The van der Waals surface area contributed by atoms with E-state index in [1.54, 1.807) is 42.5 Å². The smallest absolute Gasteiger partial charge is 0.326 e. The maximum Gasteiger partial charge on any atom is 0.326 e. The van der Waals surface area contributed by atoms with E-state index in [1.165, 1.54) is 25.0 Å². The average Bonchev–Trinajstić information content (AvgIpc) is 1.45. The number of aliphatic hydroxyl groups is 2. The maximum atomic E-state index is 14.1. The molecule has 2 aromatic rings. The van der Waals surface area contributed by atoms with Crippen LogP contribution in [0.2, 0.25) is 0 Å². The molecule has 4 aliphatic carbocycles. The molecule has 33 nitrogen and oxygen atoms in total. The number of phenolic OH excluding ortho intramolecular Hbond substituents is 1. The highest BCUT2D eigenvalue weighted by Crippen LogP contribution is 2.68. The number of hydrogen-bond donors (Lipinski definition) is 17. The van der Waals surface area contributed by atoms with Crippen molar-refractivity contribution in [2.24, 2.45) is 58.0 Å². The summed E-state index contributed by atoms with van der Waals surface area (Å²) < 4.78 is 22.2. The second-order valence-corrected chi connectivity index (χ2v) is 35.7. The number of ether oxygens (including phenoxy) is 4. The van der Waals surface area contributed by atoms with Crippen LogP contribution in [0.3, 0.4) is 0 Å². The number of amides is 12. The zero-order valence-electron chi connectivity index (χ0n) is 70.7. The highest BCUT2D eigenvalue weighted by molar-refractivity contribution is 8.00. The summed E-state index contributed by atoms with van der Waals surface area (Å²) >= 11 is 1.81. The van der Waals surface area contributed by atoms with Gasteiger partial charge >= 0.3 is 12.0 Å². The number of unbranched alkanes of at least 4 members (excludes halogenated alkanes) is 3. The summed E-state index contributed by atoms with van der Waals surface area (Å²) in [6.07, 6.45) is 13.0. The predicted octanol–water partition coefficient (Wildman–Crippen LogP) is 2.81. The quantitative estimate of drug-likeness (QED) is 0.0334. The van der Waals surface area contributed by atoms with Crippen LogP contribution in [0.4, 0.5) is 4.79 Å². The zero-order valence-corrected chi connectivity index (χ0v) is 71.5. The van der Waals surface area contributed by atoms with Gasteiger partial charge in [-0.3, -0.25) is 47.9 Å². The summed E-state index contributed by atoms with van der Waals surface area (Å²) in [5.41, 5.74) is 7.41. The second kappa shape index (κ2) is 49.7. The number of nitrogens with two attached hydrogens (primary N) is 1. The first-order chi connectivity index (χ1) is 57.5. The molecule has 2 aromatic carbocycles. The third-order valence-electron chi connectivity index (χ3n) is 25.4. The van der Waals surface area contributed by atoms with Gasteiger partial charge in [0.05, 0.1) is 83.1 Å². The Hall–Kier alpha value is -8.25. The number of nitrogens with one attached hydrogen (secondary N) is 12. The Morgan fingerprint density at radius 3 is 1.87 bits per heavy atom. The molecule has 0 spiro atoms. The topological polar surface area (TPSA) is 493 Å². The number of thioether (sulfide) groups is 1. The van der Waals surface area contributed by atoms with Crippen LogP contribution in [0.1, 0.15) is 181 Å². The van der Waals surface area contributed by atoms with Crippen molar-refractivity contribution in [1.82, 2.24) is 63.8 Å². The number of benzene rings is 2. The lowest BCUT2D eigenvalue weighted by atomic mass is 9.43. The highest BCUT2D eigenvalue weighted by Gasteiger charge is 2.64. The Morgan fingerprint density at radius 1 is 0.550 bits per heavy atom. The van der Waals surface area contributed by atoms with Crippen LogP contribution in [0.25, 0.3) is 0 Å². The molecular weight excluding hydrogens is 1570 g/mol. The number of urea groups is 1. The van der Waals surface area contributed by atoms with Crippen LogP contribution in [-0.2, 0) is 84.5 Å². The first kappa shape index (κ1) is 97.2. The van der Waals surface area contributed by atoms with E-state index >= 15 is 0 Å². The van der Waals surface area contributed by atoms with Crippen molar-refractivity contribution in [2.45, 2.75) is 242 Å². The largest absolute Gasteiger partial charge is 0.508 e. The summed E-state index contributed by atoms with van der Waals surface area (Å²) in [6.45, 7) is 10.5. The Balaban J connectivity index is 0.711. The third-order valence-corrected chi connectivity index (χ3v) is 26.9. The van der Waals surface area contributed by atoms with Gasteiger partial charge in [0.2, 0.25) is 59.1 Å². The number of carbonyl (C=O) groups excluding carboxylic acids is 11. The number of carbonyl (C=O) groups is 12. The lowest BCUT2D eigenvalue weighted by molar-refractivity contribution is -0.175. The Bertz CT molecular complexity index is 3650. The molecule has 120 heavy (non-hydrogen) atoms. The molecule has 4 saturated carbocycles. The minimum Gasteiger partial charge on any atom is -0.508 e. The first-order valence-corrected chi connectivity index (χ1v) is 44.5. The van der Waals surface area contributed by atoms with Crippen LogP contribution >= 0.6 is 11.8 Å². The average molecular weight is 1700 g/mol. The van der Waals surface area contributed by atoms with E-state index < -0.39 is 97.2 Å². The molecule has 12 amide bonds. The molecule has 0 bridgehead atoms. The van der Waals surface area contributed by atoms with Gasteiger partial charge in [-0.05, 0) is 198 Å². The summed E-state index contributed by atoms with van der Waals surface area (Å²) in [5, 5.41) is 75.3. The van der Waals surface area contributed by atoms with E-state index in [9.17, 15) is 78.0 Å². The van der Waals surface area contributed by atoms with Gasteiger partial charge in [-0.1, -0.05) is 83.5 Å². The first-order valence-electron chi connectivity index (χ1n) is 43.5. The van der Waals surface area contributed by atoms with E-state index in [4.69, 9.17) is 24.7 Å². The monoisotopic (exact) mass is 1700 g/mol. The molecule has 2 aliphatic heterocycles. The third kappa shape index (κ3) is 31.0. The second-order valence-electron chi connectivity index (χ2n) is 34.4. The number of carboxylic acids is 1. The molecule has 2 unspecified atom stereocenters. The summed E-state index contributed by atoms with van der Waals surface area (Å²) in [4.78, 5) is 157. The lowest BCUT2D eigenvalue weighted by Gasteiger charge is -2.62. The van der Waals surface area contributed by atoms with Crippen LogP contribution in [0, 0.1) is 52.3 Å². The minimum absolute atomic E-state index is 0.00164. The molecule has 6 aliphatic rings. The molecule has 18 atom stereocenters. The Labute approximate surface area is 709 Å². The number of fused-ring (bicyclic) bond motifs is 6. The van der Waals surface area contributed by atoms with Gasteiger partial charge in [-0.2, -0.15) is 11.8 Å². The van der Waals surface area contributed by atoms with Crippen molar-refractivity contribution < 1.29 is 96.9 Å². The van der Waals surface area contributed by atoms with Gasteiger partial charge in [0, 0.05) is 56.4 Å². The number of aliphatic hydroxyl groups excluding tert-OH is 2. The van der Waals surface area contributed by atoms with E-state index in [1.807, 2.05) is 25.6 Å². The SMILES string of the molecule is CC(C)CC(NC(=O)[C@H](Cc1ccccc1)NC(=O)CNC(=O)CNC(=O)[C@@H](N)Cc1ccc(O)cc1)C(=O)NCCCC[C@H](NC(=O)COCCOCCNC(=O)COCCOCCNC(=O)CC[C@H](C)[C@H]1CC[C@H]2[C@@H]3CC[C@@H]4C[C@H](O)CC[C@]4(C)[C@H]3C[C@H](O)[C@]12C)C(=O)NC(CCCCNC(=O)CCCC[C@@H]1SC[C@@H]2NC(=O)N[C@@H]21)C(=O)O. The Kier molecular flexibility index (Phi) is 40.3. The van der Waals surface area contributed by atoms with Gasteiger partial charge in [0.15, 0.2) is 0 Å². The summed E-state index contributed by atoms with van der Waals surface area (Å²) in [5.74, 6) is -3.05. The fourth-order valence-corrected chi connectivity index (χ4v) is 20.4. The molecule has 670 valence electrons. The van der Waals surface area contributed by atoms with Crippen molar-refractivity contribution in [1.29, 1.82) is 0 Å². The molecule has 2 heterocycles. The lowest BCUT2D eigenvalue weighted by Crippen LogP contribution is -2.58. The van der Waals surface area contributed by atoms with E-state index in [2.05, 4.69) is 84.6 Å². The highest BCUT2D eigenvalue weighted by atomic mass is 32.2. The van der Waals surface area contributed by atoms with E-state index in [0.29, 0.717) is 85.3 Å². The van der Waals surface area contributed by atoms with Gasteiger partial charge in [0.25, 0.3) is 0 Å². The number of phenols is 1. The van der Waals surface area contributed by atoms with Crippen molar-refractivity contribution >= 4 is 82.8 Å². The van der Waals surface area contributed by atoms with Crippen LogP contribution in [0.5, 0.6) is 5.75 Å². The molecule has 34 heteroatoms. The maximum absolute atomic E-state index is 14.1. The molecule has 18 N–H and O–H groups in total. The molecule has 8 rings (SSSR count). The normalized spacial score (nSPS) is 24.8. The van der Waals surface area contributed by atoms with Gasteiger partial charge in [-0.15, -0.1) is 0 Å². The fourth-order valence-electron chi connectivity index (χ4n) is 18.9. The van der Waals surface area contributed by atoms with Crippen molar-refractivity contribution in [3.8, 4) is 5.75 Å².